The van der Waals surface area contributed by atoms with Crippen LogP contribution in [-0.4, -0.2) is 31.1 Å². The van der Waals surface area contributed by atoms with Crippen molar-refractivity contribution < 1.29 is 14.3 Å². The predicted octanol–water partition coefficient (Wildman–Crippen LogP) is 3.18. The Labute approximate surface area is 138 Å². The number of carbonyl (C=O) groups excluding carboxylic acids is 2. The number of anilines is 2. The van der Waals surface area contributed by atoms with Crippen LogP contribution < -0.4 is 10.2 Å². The topological polar surface area (TPSA) is 58.6 Å². The zero-order valence-electron chi connectivity index (χ0n) is 14.4. The van der Waals surface area contributed by atoms with Gasteiger partial charge < -0.3 is 10.1 Å². The third-order valence-corrected chi connectivity index (χ3v) is 4.21. The molecular formula is C18H26N2O3. The monoisotopic (exact) mass is 318 g/mol. The molecule has 1 aliphatic heterocycles. The zero-order valence-corrected chi connectivity index (χ0v) is 14.4. The highest BCUT2D eigenvalue weighted by molar-refractivity contribution is 6.07. The Morgan fingerprint density at radius 1 is 1.26 bits per heavy atom. The first kappa shape index (κ1) is 17.3. The van der Waals surface area contributed by atoms with E-state index in [1.54, 1.807) is 6.92 Å². The standard InChI is InChI=1S/C18H26N2O3/c1-5-6-7-8-23-17(21)11-20-16-10-13(3)12(2)9-15(16)19-14(4)18(20)22/h9-10,14,19H,5-8,11H2,1-4H3. The Hall–Kier alpha value is -2.04. The fraction of sp³-hybridized carbons (Fsp3) is 0.556. The maximum absolute atomic E-state index is 12.5. The summed E-state index contributed by atoms with van der Waals surface area (Å²) in [5.41, 5.74) is 3.88. The highest BCUT2D eigenvalue weighted by Gasteiger charge is 2.31. The fourth-order valence-electron chi connectivity index (χ4n) is 2.66. The number of nitrogens with one attached hydrogen (secondary N) is 1. The summed E-state index contributed by atoms with van der Waals surface area (Å²) in [5, 5.41) is 3.20. The first-order chi connectivity index (χ1) is 10.9. The van der Waals surface area contributed by atoms with Crippen LogP contribution in [0.25, 0.3) is 0 Å². The molecule has 0 saturated carbocycles. The van der Waals surface area contributed by atoms with Crippen molar-refractivity contribution in [3.63, 3.8) is 0 Å². The molecule has 5 nitrogen and oxygen atoms in total. The molecule has 1 aliphatic rings. The number of esters is 1. The molecule has 0 aromatic heterocycles. The van der Waals surface area contributed by atoms with Crippen molar-refractivity contribution in [3.8, 4) is 0 Å². The molecule has 1 amide bonds. The van der Waals surface area contributed by atoms with Gasteiger partial charge in [-0.05, 0) is 50.5 Å². The van der Waals surface area contributed by atoms with E-state index in [4.69, 9.17) is 4.74 Å². The second kappa shape index (κ2) is 7.49. The molecule has 0 spiro atoms. The Balaban J connectivity index is 2.13. The Kier molecular flexibility index (Phi) is 5.64. The van der Waals surface area contributed by atoms with Gasteiger partial charge in [0.15, 0.2) is 0 Å². The molecule has 2 rings (SSSR count). The first-order valence-electron chi connectivity index (χ1n) is 8.28. The number of rotatable bonds is 6. The predicted molar refractivity (Wildman–Crippen MR) is 91.8 cm³/mol. The number of amides is 1. The van der Waals surface area contributed by atoms with Crippen molar-refractivity contribution in [2.75, 3.05) is 23.4 Å². The first-order valence-corrected chi connectivity index (χ1v) is 8.28. The summed E-state index contributed by atoms with van der Waals surface area (Å²) in [6, 6.07) is 3.62. The van der Waals surface area contributed by atoms with Crippen LogP contribution in [0, 0.1) is 13.8 Å². The van der Waals surface area contributed by atoms with Gasteiger partial charge in [0.2, 0.25) is 5.91 Å². The maximum atomic E-state index is 12.5. The van der Waals surface area contributed by atoms with E-state index >= 15 is 0 Å². The number of hydrogen-bond acceptors (Lipinski definition) is 4. The molecule has 1 heterocycles. The molecule has 1 aromatic rings. The van der Waals surface area contributed by atoms with Crippen LogP contribution in [0.4, 0.5) is 11.4 Å². The summed E-state index contributed by atoms with van der Waals surface area (Å²) >= 11 is 0. The van der Waals surface area contributed by atoms with Gasteiger partial charge in [-0.3, -0.25) is 14.5 Å². The van der Waals surface area contributed by atoms with Gasteiger partial charge in [-0.25, -0.2) is 0 Å². The van der Waals surface area contributed by atoms with Crippen LogP contribution in [-0.2, 0) is 14.3 Å². The van der Waals surface area contributed by atoms with E-state index in [2.05, 4.69) is 12.2 Å². The third kappa shape index (κ3) is 4.03. The molecule has 1 unspecified atom stereocenters. The van der Waals surface area contributed by atoms with Crippen LogP contribution in [0.1, 0.15) is 44.2 Å². The molecule has 126 valence electrons. The van der Waals surface area contributed by atoms with E-state index in [9.17, 15) is 9.59 Å². The summed E-state index contributed by atoms with van der Waals surface area (Å²) < 4.78 is 5.25. The normalized spacial score (nSPS) is 16.8. The quantitative estimate of drug-likeness (QED) is 0.646. The Bertz CT molecular complexity index is 598. The van der Waals surface area contributed by atoms with E-state index in [0.717, 1.165) is 41.8 Å². The lowest BCUT2D eigenvalue weighted by molar-refractivity contribution is -0.143. The largest absolute Gasteiger partial charge is 0.464 e. The number of hydrogen-bond donors (Lipinski definition) is 1. The molecule has 23 heavy (non-hydrogen) atoms. The van der Waals surface area contributed by atoms with Crippen LogP contribution in [0.3, 0.4) is 0 Å². The number of nitrogens with zero attached hydrogens (tertiary/aromatic N) is 1. The molecule has 0 radical (unpaired) electrons. The SMILES string of the molecule is CCCCCOC(=O)CN1C(=O)C(C)Nc2cc(C)c(C)cc21. The van der Waals surface area contributed by atoms with Crippen LogP contribution >= 0.6 is 0 Å². The van der Waals surface area contributed by atoms with Crippen LogP contribution in [0.2, 0.25) is 0 Å². The minimum Gasteiger partial charge on any atom is -0.464 e. The number of benzene rings is 1. The number of unbranched alkanes of at least 4 members (excludes halogenated alkanes) is 2. The van der Waals surface area contributed by atoms with E-state index in [1.807, 2.05) is 26.0 Å². The van der Waals surface area contributed by atoms with Crippen molar-refractivity contribution in [1.82, 2.24) is 0 Å². The highest BCUT2D eigenvalue weighted by Crippen LogP contribution is 2.33. The Morgan fingerprint density at radius 3 is 2.65 bits per heavy atom. The number of carbonyl (C=O) groups is 2. The molecule has 5 heteroatoms. The maximum Gasteiger partial charge on any atom is 0.326 e. The number of aryl methyl sites for hydroxylation is 2. The van der Waals surface area contributed by atoms with Gasteiger partial charge >= 0.3 is 5.97 Å². The molecule has 1 atom stereocenters. The van der Waals surface area contributed by atoms with E-state index in [-0.39, 0.29) is 24.5 Å². The number of ether oxygens (including phenoxy) is 1. The fourth-order valence-corrected chi connectivity index (χ4v) is 2.66. The van der Waals surface area contributed by atoms with Crippen LogP contribution in [0.15, 0.2) is 12.1 Å². The molecule has 1 N–H and O–H groups in total. The van der Waals surface area contributed by atoms with Gasteiger partial charge in [-0.15, -0.1) is 0 Å². The summed E-state index contributed by atoms with van der Waals surface area (Å²) in [5.74, 6) is -0.459. The molecule has 0 fully saturated rings. The van der Waals surface area contributed by atoms with Gasteiger partial charge in [0.05, 0.1) is 18.0 Å². The van der Waals surface area contributed by atoms with E-state index < -0.39 is 0 Å². The third-order valence-electron chi connectivity index (χ3n) is 4.21. The summed E-state index contributed by atoms with van der Waals surface area (Å²) in [4.78, 5) is 26.0. The van der Waals surface area contributed by atoms with Gasteiger partial charge in [-0.1, -0.05) is 19.8 Å². The minimum absolute atomic E-state index is 0.0352. The molecule has 0 bridgehead atoms. The van der Waals surface area contributed by atoms with Gasteiger partial charge in [0, 0.05) is 0 Å². The van der Waals surface area contributed by atoms with Crippen molar-refractivity contribution in [2.24, 2.45) is 0 Å². The van der Waals surface area contributed by atoms with Gasteiger partial charge in [-0.2, -0.15) is 0 Å². The average Bonchev–Trinajstić information content (AvgIpc) is 2.51. The summed E-state index contributed by atoms with van der Waals surface area (Å²) in [7, 11) is 0. The van der Waals surface area contributed by atoms with E-state index in [1.165, 1.54) is 4.90 Å². The van der Waals surface area contributed by atoms with Crippen molar-refractivity contribution in [3.05, 3.63) is 23.3 Å². The minimum atomic E-state index is -0.354. The second-order valence-corrected chi connectivity index (χ2v) is 6.17. The second-order valence-electron chi connectivity index (χ2n) is 6.17. The number of fused-ring (bicyclic) bond motifs is 1. The lowest BCUT2D eigenvalue weighted by Gasteiger charge is -2.34. The van der Waals surface area contributed by atoms with Crippen LogP contribution in [0.5, 0.6) is 0 Å². The molecule has 0 saturated heterocycles. The smallest absolute Gasteiger partial charge is 0.326 e. The van der Waals surface area contributed by atoms with Gasteiger partial charge in [0.1, 0.15) is 12.6 Å². The summed E-state index contributed by atoms with van der Waals surface area (Å²) in [6.07, 6.45) is 2.98. The van der Waals surface area contributed by atoms with Crippen molar-refractivity contribution in [1.29, 1.82) is 0 Å². The van der Waals surface area contributed by atoms with E-state index in [0.29, 0.717) is 6.61 Å². The molecular weight excluding hydrogens is 292 g/mol. The lowest BCUT2D eigenvalue weighted by Crippen LogP contribution is -2.48. The summed E-state index contributed by atoms with van der Waals surface area (Å²) in [6.45, 7) is 8.32. The van der Waals surface area contributed by atoms with Crippen molar-refractivity contribution in [2.45, 2.75) is 53.0 Å². The zero-order chi connectivity index (χ0) is 17.0. The lowest BCUT2D eigenvalue weighted by atomic mass is 10.0. The molecule has 1 aromatic carbocycles. The Morgan fingerprint density at radius 2 is 1.96 bits per heavy atom. The highest BCUT2D eigenvalue weighted by atomic mass is 16.5. The van der Waals surface area contributed by atoms with Gasteiger partial charge in [0.25, 0.3) is 0 Å². The molecule has 0 aliphatic carbocycles. The average molecular weight is 318 g/mol. The van der Waals surface area contributed by atoms with Crippen molar-refractivity contribution >= 4 is 23.3 Å².